The molecule has 1 N–H and O–H groups in total. The summed E-state index contributed by atoms with van der Waals surface area (Å²) < 4.78 is 10.4. The number of aliphatic hydroxyl groups is 1. The summed E-state index contributed by atoms with van der Waals surface area (Å²) in [4.78, 5) is 45.3. The highest BCUT2D eigenvalue weighted by Gasteiger charge is 2.48. The Hall–Kier alpha value is -4.24. The first-order chi connectivity index (χ1) is 18.9. The zero-order valence-corrected chi connectivity index (χ0v) is 24.2. The topological polar surface area (TPSA) is 106 Å². The number of hydrogen-bond acceptors (Lipinski definition) is 8. The van der Waals surface area contributed by atoms with E-state index in [0.29, 0.717) is 34.7 Å². The van der Waals surface area contributed by atoms with E-state index in [4.69, 9.17) is 9.47 Å². The Morgan fingerprint density at radius 1 is 1.15 bits per heavy atom. The molecule has 0 aliphatic carbocycles. The van der Waals surface area contributed by atoms with Crippen LogP contribution in [0.3, 0.4) is 0 Å². The number of methoxy groups -OCH3 is 1. The standard InChI is InChI=1S/C31H32N2O6S/c1-8-15-39-21-13-14-22(17(2)16-21)25(34)23-24(19-9-11-20(12-10-19)31(4,5)6)33(28(36)26(23)35)30-32-18(3)27(40-30)29(37)38-7/h8-14,16,24,34H,1,15H2,2-7H3. The molecule has 1 aliphatic rings. The Morgan fingerprint density at radius 2 is 1.82 bits per heavy atom. The number of carbonyl (C=O) groups excluding carboxylic acids is 3. The number of amides is 1. The highest BCUT2D eigenvalue weighted by atomic mass is 32.1. The predicted octanol–water partition coefficient (Wildman–Crippen LogP) is 6.04. The van der Waals surface area contributed by atoms with Crippen molar-refractivity contribution >= 4 is 39.9 Å². The molecule has 3 aromatic rings. The number of carbonyl (C=O) groups is 3. The number of benzene rings is 2. The van der Waals surface area contributed by atoms with Crippen molar-refractivity contribution in [3.05, 3.63) is 93.5 Å². The van der Waals surface area contributed by atoms with Gasteiger partial charge in [0.25, 0.3) is 5.78 Å². The Labute approximate surface area is 237 Å². The van der Waals surface area contributed by atoms with Gasteiger partial charge in [-0.05, 0) is 54.2 Å². The van der Waals surface area contributed by atoms with Gasteiger partial charge in [-0.15, -0.1) is 0 Å². The van der Waals surface area contributed by atoms with Crippen molar-refractivity contribution in [1.29, 1.82) is 0 Å². The van der Waals surface area contributed by atoms with Gasteiger partial charge in [0.1, 0.15) is 23.0 Å². The number of ether oxygens (including phenoxy) is 2. The van der Waals surface area contributed by atoms with Crippen LogP contribution >= 0.6 is 11.3 Å². The minimum Gasteiger partial charge on any atom is -0.507 e. The maximum absolute atomic E-state index is 13.6. The lowest BCUT2D eigenvalue weighted by molar-refractivity contribution is -0.132. The second kappa shape index (κ2) is 11.1. The van der Waals surface area contributed by atoms with E-state index in [9.17, 15) is 19.5 Å². The molecule has 9 heteroatoms. The molecule has 1 amide bonds. The summed E-state index contributed by atoms with van der Waals surface area (Å²) in [5.74, 6) is -2.00. The zero-order chi connectivity index (χ0) is 29.4. The van der Waals surface area contributed by atoms with Gasteiger partial charge in [0.15, 0.2) is 5.13 Å². The molecule has 1 aliphatic heterocycles. The molecule has 40 heavy (non-hydrogen) atoms. The van der Waals surface area contributed by atoms with Crippen LogP contribution in [0.4, 0.5) is 5.13 Å². The van der Waals surface area contributed by atoms with Gasteiger partial charge >= 0.3 is 11.9 Å². The summed E-state index contributed by atoms with van der Waals surface area (Å²) in [5, 5.41) is 11.7. The van der Waals surface area contributed by atoms with Crippen molar-refractivity contribution in [3.8, 4) is 5.75 Å². The van der Waals surface area contributed by atoms with Gasteiger partial charge in [0.05, 0.1) is 24.4 Å². The molecule has 0 bridgehead atoms. The number of anilines is 1. The average molecular weight is 561 g/mol. The van der Waals surface area contributed by atoms with Crippen molar-refractivity contribution in [1.82, 2.24) is 4.98 Å². The average Bonchev–Trinajstić information content (AvgIpc) is 3.42. The third-order valence-corrected chi connectivity index (χ3v) is 7.86. The van der Waals surface area contributed by atoms with Gasteiger partial charge in [-0.3, -0.25) is 14.5 Å². The van der Waals surface area contributed by atoms with E-state index in [0.717, 1.165) is 16.9 Å². The van der Waals surface area contributed by atoms with E-state index >= 15 is 0 Å². The van der Waals surface area contributed by atoms with Crippen LogP contribution in [0.1, 0.15) is 64.4 Å². The number of esters is 1. The minimum atomic E-state index is -0.971. The van der Waals surface area contributed by atoms with Gasteiger partial charge in [-0.25, -0.2) is 9.78 Å². The number of aromatic nitrogens is 1. The monoisotopic (exact) mass is 560 g/mol. The number of aliphatic hydroxyl groups excluding tert-OH is 1. The van der Waals surface area contributed by atoms with Crippen LogP contribution in [0.5, 0.6) is 5.75 Å². The molecule has 2 aromatic carbocycles. The molecular weight excluding hydrogens is 528 g/mol. The van der Waals surface area contributed by atoms with Crippen LogP contribution in [0, 0.1) is 13.8 Å². The summed E-state index contributed by atoms with van der Waals surface area (Å²) in [6, 6.07) is 11.7. The summed E-state index contributed by atoms with van der Waals surface area (Å²) in [7, 11) is 1.26. The maximum atomic E-state index is 13.6. The van der Waals surface area contributed by atoms with Gasteiger partial charge in [-0.2, -0.15) is 0 Å². The Kier molecular flexibility index (Phi) is 7.98. The first kappa shape index (κ1) is 28.8. The number of rotatable bonds is 7. The molecule has 1 aromatic heterocycles. The molecule has 1 unspecified atom stereocenters. The van der Waals surface area contributed by atoms with Gasteiger partial charge in [-0.1, -0.05) is 69.0 Å². The largest absolute Gasteiger partial charge is 0.507 e. The lowest BCUT2D eigenvalue weighted by Crippen LogP contribution is -2.29. The number of aryl methyl sites for hydroxylation is 2. The first-order valence-electron chi connectivity index (χ1n) is 12.7. The van der Waals surface area contributed by atoms with Crippen molar-refractivity contribution in [2.24, 2.45) is 0 Å². The quantitative estimate of drug-likeness (QED) is 0.124. The molecule has 0 spiro atoms. The molecule has 1 saturated heterocycles. The fourth-order valence-corrected chi connectivity index (χ4v) is 5.58. The van der Waals surface area contributed by atoms with Crippen molar-refractivity contribution < 1.29 is 29.0 Å². The van der Waals surface area contributed by atoms with E-state index in [1.54, 1.807) is 38.1 Å². The van der Waals surface area contributed by atoms with E-state index in [1.165, 1.54) is 12.0 Å². The number of hydrogen-bond donors (Lipinski definition) is 1. The van der Waals surface area contributed by atoms with Crippen LogP contribution < -0.4 is 9.64 Å². The van der Waals surface area contributed by atoms with Crippen molar-refractivity contribution in [3.63, 3.8) is 0 Å². The second-order valence-electron chi connectivity index (χ2n) is 10.5. The Morgan fingerprint density at radius 3 is 2.40 bits per heavy atom. The van der Waals surface area contributed by atoms with Crippen molar-refractivity contribution in [2.45, 2.75) is 46.1 Å². The zero-order valence-electron chi connectivity index (χ0n) is 23.4. The van der Waals surface area contributed by atoms with Crippen LogP contribution in [-0.4, -0.2) is 41.5 Å². The third kappa shape index (κ3) is 5.29. The van der Waals surface area contributed by atoms with E-state index in [2.05, 4.69) is 32.3 Å². The Balaban J connectivity index is 1.91. The van der Waals surface area contributed by atoms with E-state index < -0.39 is 23.7 Å². The van der Waals surface area contributed by atoms with Gasteiger partial charge in [0, 0.05) is 5.56 Å². The molecule has 1 atom stereocenters. The summed E-state index contributed by atoms with van der Waals surface area (Å²) in [5.41, 5.74) is 2.93. The SMILES string of the molecule is C=CCOc1ccc(C(O)=C2C(=O)C(=O)N(c3nc(C)c(C(=O)OC)s3)C2c2ccc(C(C)(C)C)cc2)c(C)c1. The lowest BCUT2D eigenvalue weighted by atomic mass is 9.85. The third-order valence-electron chi connectivity index (χ3n) is 6.72. The fraction of sp³-hybridized carbons (Fsp3) is 0.290. The molecule has 8 nitrogen and oxygen atoms in total. The van der Waals surface area contributed by atoms with Gasteiger partial charge in [0.2, 0.25) is 0 Å². The molecular formula is C31H32N2O6S. The molecule has 0 saturated carbocycles. The summed E-state index contributed by atoms with van der Waals surface area (Å²) >= 11 is 0.962. The minimum absolute atomic E-state index is 0.0659. The van der Waals surface area contributed by atoms with Crippen LogP contribution in [-0.2, 0) is 19.7 Å². The number of thiazole rings is 1. The number of ketones is 1. The lowest BCUT2D eigenvalue weighted by Gasteiger charge is -2.25. The highest BCUT2D eigenvalue weighted by Crippen LogP contribution is 2.44. The normalized spacial score (nSPS) is 16.8. The summed E-state index contributed by atoms with van der Waals surface area (Å²) in [6.45, 7) is 13.7. The van der Waals surface area contributed by atoms with Crippen LogP contribution in [0.2, 0.25) is 0 Å². The number of nitrogens with zero attached hydrogens (tertiary/aromatic N) is 2. The first-order valence-corrected chi connectivity index (χ1v) is 13.5. The predicted molar refractivity (Wildman–Crippen MR) is 155 cm³/mol. The van der Waals surface area contributed by atoms with E-state index in [-0.39, 0.29) is 26.8 Å². The molecule has 208 valence electrons. The number of Topliss-reactive ketones (excluding diaryl/α,β-unsaturated/α-hetero) is 1. The van der Waals surface area contributed by atoms with E-state index in [1.807, 2.05) is 24.3 Å². The summed E-state index contributed by atoms with van der Waals surface area (Å²) in [6.07, 6.45) is 1.63. The fourth-order valence-electron chi connectivity index (χ4n) is 4.57. The maximum Gasteiger partial charge on any atom is 0.350 e. The highest BCUT2D eigenvalue weighted by molar-refractivity contribution is 7.17. The molecule has 2 heterocycles. The van der Waals surface area contributed by atoms with Gasteiger partial charge < -0.3 is 14.6 Å². The Bertz CT molecular complexity index is 1530. The van der Waals surface area contributed by atoms with Crippen molar-refractivity contribution in [2.75, 3.05) is 18.6 Å². The van der Waals surface area contributed by atoms with Crippen LogP contribution in [0.25, 0.3) is 5.76 Å². The van der Waals surface area contributed by atoms with Crippen LogP contribution in [0.15, 0.2) is 60.7 Å². The molecule has 4 rings (SSSR count). The smallest absolute Gasteiger partial charge is 0.350 e. The molecule has 1 fully saturated rings. The molecule has 0 radical (unpaired) electrons. The second-order valence-corrected chi connectivity index (χ2v) is 11.5.